The van der Waals surface area contributed by atoms with Gasteiger partial charge < -0.3 is 9.67 Å². The zero-order valence-corrected chi connectivity index (χ0v) is 9.73. The monoisotopic (exact) mass is 234 g/mol. The van der Waals surface area contributed by atoms with Crippen molar-refractivity contribution in [3.8, 4) is 5.69 Å². The zero-order valence-electron chi connectivity index (χ0n) is 8.91. The summed E-state index contributed by atoms with van der Waals surface area (Å²) in [6, 6.07) is 8.38. The Morgan fingerprint density at radius 1 is 1.25 bits per heavy atom. The Bertz CT molecular complexity index is 411. The van der Waals surface area contributed by atoms with Crippen molar-refractivity contribution in [2.75, 3.05) is 12.4 Å². The van der Waals surface area contributed by atoms with Crippen molar-refractivity contribution in [3.05, 3.63) is 48.5 Å². The minimum Gasteiger partial charge on any atom is -0.396 e. The lowest BCUT2D eigenvalue weighted by Gasteiger charge is -2.04. The molecule has 0 amide bonds. The third kappa shape index (κ3) is 2.87. The number of benzene rings is 1. The molecule has 2 aromatic rings. The highest BCUT2D eigenvalue weighted by Crippen LogP contribution is 2.14. The van der Waals surface area contributed by atoms with E-state index < -0.39 is 0 Å². The summed E-state index contributed by atoms with van der Waals surface area (Å²) in [6.45, 7) is 0.248. The molecule has 1 aromatic heterocycles. The lowest BCUT2D eigenvalue weighted by Crippen LogP contribution is -1.91. The third-order valence-electron chi connectivity index (χ3n) is 2.24. The zero-order chi connectivity index (χ0) is 11.2. The van der Waals surface area contributed by atoms with Crippen molar-refractivity contribution in [1.29, 1.82) is 0 Å². The predicted molar refractivity (Wildman–Crippen MR) is 66.8 cm³/mol. The van der Waals surface area contributed by atoms with E-state index in [0.29, 0.717) is 0 Å². The van der Waals surface area contributed by atoms with Crippen LogP contribution in [0.4, 0.5) is 0 Å². The normalized spacial score (nSPS) is 10.6. The van der Waals surface area contributed by atoms with E-state index >= 15 is 0 Å². The van der Waals surface area contributed by atoms with Crippen LogP contribution in [0.15, 0.2) is 43.0 Å². The molecule has 0 aliphatic carbocycles. The van der Waals surface area contributed by atoms with Crippen LogP contribution in [0, 0.1) is 0 Å². The van der Waals surface area contributed by atoms with Gasteiger partial charge in [0.1, 0.15) is 0 Å². The quantitative estimate of drug-likeness (QED) is 0.805. The number of aliphatic hydroxyl groups excluding tert-OH is 1. The van der Waals surface area contributed by atoms with E-state index in [0.717, 1.165) is 17.2 Å². The predicted octanol–water partition coefficient (Wildman–Crippen LogP) is 2.10. The Balaban J connectivity index is 2.00. The maximum absolute atomic E-state index is 8.68. The molecule has 1 aromatic carbocycles. The average molecular weight is 234 g/mol. The number of aromatic nitrogens is 2. The second-order valence-electron chi connectivity index (χ2n) is 3.41. The Morgan fingerprint density at radius 3 is 2.69 bits per heavy atom. The molecule has 0 aliphatic rings. The van der Waals surface area contributed by atoms with E-state index in [-0.39, 0.29) is 6.61 Å². The van der Waals surface area contributed by atoms with Gasteiger partial charge in [0.05, 0.1) is 12.9 Å². The SMILES string of the molecule is OCCSCc1ccc(-n2ccnc2)cc1. The van der Waals surface area contributed by atoms with Gasteiger partial charge >= 0.3 is 0 Å². The van der Waals surface area contributed by atoms with Gasteiger partial charge in [0.25, 0.3) is 0 Å². The first-order valence-electron chi connectivity index (χ1n) is 5.16. The Hall–Kier alpha value is -1.26. The fourth-order valence-corrected chi connectivity index (χ4v) is 2.13. The van der Waals surface area contributed by atoms with Crippen molar-refractivity contribution >= 4 is 11.8 Å². The molecule has 0 radical (unpaired) electrons. The van der Waals surface area contributed by atoms with Crippen molar-refractivity contribution in [1.82, 2.24) is 9.55 Å². The fraction of sp³-hybridized carbons (Fsp3) is 0.250. The van der Waals surface area contributed by atoms with Gasteiger partial charge in [-0.05, 0) is 17.7 Å². The molecule has 4 heteroatoms. The Morgan fingerprint density at radius 2 is 2.06 bits per heavy atom. The largest absolute Gasteiger partial charge is 0.396 e. The van der Waals surface area contributed by atoms with Crippen LogP contribution in [0.2, 0.25) is 0 Å². The molecule has 1 N–H and O–H groups in total. The standard InChI is InChI=1S/C12H14N2OS/c15-7-8-16-9-11-1-3-12(4-2-11)14-6-5-13-10-14/h1-6,10,15H,7-9H2. The van der Waals surface area contributed by atoms with Crippen LogP contribution in [0.25, 0.3) is 5.69 Å². The Labute approximate surface area is 99.1 Å². The van der Waals surface area contributed by atoms with E-state index in [2.05, 4.69) is 29.2 Å². The summed E-state index contributed by atoms with van der Waals surface area (Å²) < 4.78 is 1.98. The number of hydrogen-bond acceptors (Lipinski definition) is 3. The molecular weight excluding hydrogens is 220 g/mol. The molecule has 16 heavy (non-hydrogen) atoms. The van der Waals surface area contributed by atoms with E-state index in [4.69, 9.17) is 5.11 Å². The molecule has 0 aliphatic heterocycles. The summed E-state index contributed by atoms with van der Waals surface area (Å²) in [6.07, 6.45) is 5.48. The van der Waals surface area contributed by atoms with E-state index in [1.54, 1.807) is 24.3 Å². The van der Waals surface area contributed by atoms with Crippen molar-refractivity contribution in [3.63, 3.8) is 0 Å². The Kier molecular flexibility index (Phi) is 4.02. The molecule has 84 valence electrons. The first-order chi connectivity index (χ1) is 7.90. The first kappa shape index (κ1) is 11.2. The van der Waals surface area contributed by atoms with Gasteiger partial charge in [-0.1, -0.05) is 12.1 Å². The molecule has 0 saturated heterocycles. The van der Waals surface area contributed by atoms with Gasteiger partial charge in [0, 0.05) is 29.6 Å². The van der Waals surface area contributed by atoms with Crippen molar-refractivity contribution < 1.29 is 5.11 Å². The molecule has 0 spiro atoms. The third-order valence-corrected chi connectivity index (χ3v) is 3.25. The van der Waals surface area contributed by atoms with E-state index in [1.165, 1.54) is 5.56 Å². The molecule has 0 saturated carbocycles. The van der Waals surface area contributed by atoms with Crippen LogP contribution in [-0.4, -0.2) is 27.0 Å². The number of thioether (sulfide) groups is 1. The highest BCUT2D eigenvalue weighted by atomic mass is 32.2. The number of imidazole rings is 1. The minimum atomic E-state index is 0.248. The molecule has 3 nitrogen and oxygen atoms in total. The highest BCUT2D eigenvalue weighted by Gasteiger charge is 1.96. The molecular formula is C12H14N2OS. The summed E-state index contributed by atoms with van der Waals surface area (Å²) in [5, 5.41) is 8.68. The van der Waals surface area contributed by atoms with Gasteiger partial charge in [0.2, 0.25) is 0 Å². The maximum atomic E-state index is 8.68. The molecule has 0 atom stereocenters. The second kappa shape index (κ2) is 5.72. The maximum Gasteiger partial charge on any atom is 0.0991 e. The van der Waals surface area contributed by atoms with Gasteiger partial charge in [-0.15, -0.1) is 0 Å². The topological polar surface area (TPSA) is 38.0 Å². The summed E-state index contributed by atoms with van der Waals surface area (Å²) in [5.74, 6) is 1.74. The smallest absolute Gasteiger partial charge is 0.0991 e. The van der Waals surface area contributed by atoms with Crippen LogP contribution >= 0.6 is 11.8 Å². The van der Waals surface area contributed by atoms with E-state index in [1.807, 2.05) is 10.8 Å². The average Bonchev–Trinajstić information content (AvgIpc) is 2.84. The molecule has 0 fully saturated rings. The van der Waals surface area contributed by atoms with Crippen LogP contribution in [0.5, 0.6) is 0 Å². The summed E-state index contributed by atoms with van der Waals surface area (Å²) >= 11 is 1.74. The van der Waals surface area contributed by atoms with Gasteiger partial charge in [-0.2, -0.15) is 11.8 Å². The molecule has 0 bridgehead atoms. The van der Waals surface area contributed by atoms with Crippen LogP contribution in [0.3, 0.4) is 0 Å². The minimum absolute atomic E-state index is 0.248. The molecule has 2 rings (SSSR count). The number of aliphatic hydroxyl groups is 1. The van der Waals surface area contributed by atoms with Crippen molar-refractivity contribution in [2.45, 2.75) is 5.75 Å². The highest BCUT2D eigenvalue weighted by molar-refractivity contribution is 7.98. The van der Waals surface area contributed by atoms with Gasteiger partial charge in [-0.3, -0.25) is 0 Å². The second-order valence-corrected chi connectivity index (χ2v) is 4.52. The van der Waals surface area contributed by atoms with Gasteiger partial charge in [-0.25, -0.2) is 4.98 Å². The first-order valence-corrected chi connectivity index (χ1v) is 6.31. The van der Waals surface area contributed by atoms with Gasteiger partial charge in [0.15, 0.2) is 0 Å². The van der Waals surface area contributed by atoms with Crippen LogP contribution in [0.1, 0.15) is 5.56 Å². The van der Waals surface area contributed by atoms with Crippen LogP contribution in [-0.2, 0) is 5.75 Å². The lowest BCUT2D eigenvalue weighted by molar-refractivity contribution is 0.322. The number of hydrogen-bond donors (Lipinski definition) is 1. The number of rotatable bonds is 5. The molecule has 0 unspecified atom stereocenters. The van der Waals surface area contributed by atoms with Crippen molar-refractivity contribution in [2.24, 2.45) is 0 Å². The fourth-order valence-electron chi connectivity index (χ4n) is 1.43. The summed E-state index contributed by atoms with van der Waals surface area (Å²) in [4.78, 5) is 4.01. The summed E-state index contributed by atoms with van der Waals surface area (Å²) in [7, 11) is 0. The summed E-state index contributed by atoms with van der Waals surface area (Å²) in [5.41, 5.74) is 2.40. The van der Waals surface area contributed by atoms with Crippen LogP contribution < -0.4 is 0 Å². The number of nitrogens with zero attached hydrogens (tertiary/aromatic N) is 2. The lowest BCUT2D eigenvalue weighted by atomic mass is 10.2. The van der Waals surface area contributed by atoms with E-state index in [9.17, 15) is 0 Å². The molecule has 1 heterocycles.